The maximum Gasteiger partial charge on any atom is 0.271 e. The first-order valence-electron chi connectivity index (χ1n) is 6.76. The smallest absolute Gasteiger partial charge is 0.271 e. The molecule has 1 aliphatic heterocycles. The van der Waals surface area contributed by atoms with Crippen LogP contribution in [0.1, 0.15) is 11.9 Å². The number of aryl methyl sites for hydroxylation is 1. The number of fused-ring (bicyclic) bond motifs is 1. The molecule has 7 heteroatoms. The fraction of sp³-hybridized carbons (Fsp3) is 0.357. The lowest BCUT2D eigenvalue weighted by Crippen LogP contribution is -2.29. The molecule has 0 unspecified atom stereocenters. The first-order chi connectivity index (χ1) is 10.1. The second-order valence-electron chi connectivity index (χ2n) is 4.82. The topological polar surface area (TPSA) is 50.3 Å². The highest BCUT2D eigenvalue weighted by atomic mass is 32.2. The summed E-state index contributed by atoms with van der Waals surface area (Å²) in [6, 6.07) is 5.04. The Balaban J connectivity index is 2.05. The maximum absolute atomic E-state index is 10.9. The molecule has 5 nitrogen and oxygen atoms in total. The SMILES string of the molecule is CCN1CCS/C1=C/c1sc2cc([N+](=O)[O-])ccc2[n+]1C. The fourth-order valence-electron chi connectivity index (χ4n) is 2.42. The highest BCUT2D eigenvalue weighted by Gasteiger charge is 2.22. The van der Waals surface area contributed by atoms with E-state index in [0.29, 0.717) is 0 Å². The molecule has 0 amide bonds. The van der Waals surface area contributed by atoms with Gasteiger partial charge in [0.2, 0.25) is 5.52 Å². The number of hydrogen-bond donors (Lipinski definition) is 0. The van der Waals surface area contributed by atoms with Crippen molar-refractivity contribution in [1.29, 1.82) is 0 Å². The summed E-state index contributed by atoms with van der Waals surface area (Å²) in [5.41, 5.74) is 1.18. The number of nitrogens with zero attached hydrogens (tertiary/aromatic N) is 3. The van der Waals surface area contributed by atoms with Crippen LogP contribution in [0.2, 0.25) is 0 Å². The number of thioether (sulfide) groups is 1. The van der Waals surface area contributed by atoms with E-state index in [0.717, 1.165) is 34.1 Å². The van der Waals surface area contributed by atoms with Crippen LogP contribution in [0.25, 0.3) is 16.3 Å². The predicted molar refractivity (Wildman–Crippen MR) is 87.3 cm³/mol. The second-order valence-corrected chi connectivity index (χ2v) is 7.00. The van der Waals surface area contributed by atoms with E-state index >= 15 is 0 Å². The van der Waals surface area contributed by atoms with Crippen LogP contribution in [0.4, 0.5) is 5.69 Å². The fourth-order valence-corrected chi connectivity index (χ4v) is 4.73. The van der Waals surface area contributed by atoms with E-state index in [1.165, 1.54) is 5.03 Å². The first kappa shape index (κ1) is 14.3. The molecule has 2 aromatic rings. The van der Waals surface area contributed by atoms with E-state index in [1.807, 2.05) is 24.9 Å². The van der Waals surface area contributed by atoms with Gasteiger partial charge in [-0.15, -0.1) is 11.8 Å². The van der Waals surface area contributed by atoms with Crippen LogP contribution in [-0.2, 0) is 7.05 Å². The number of benzene rings is 1. The van der Waals surface area contributed by atoms with Crippen LogP contribution >= 0.6 is 23.1 Å². The Labute approximate surface area is 131 Å². The Kier molecular flexibility index (Phi) is 3.86. The molecule has 0 spiro atoms. The molecule has 2 heterocycles. The minimum absolute atomic E-state index is 0.147. The van der Waals surface area contributed by atoms with Gasteiger partial charge in [-0.1, -0.05) is 11.3 Å². The molecule has 1 saturated heterocycles. The van der Waals surface area contributed by atoms with Gasteiger partial charge in [0, 0.05) is 37.0 Å². The number of hydrogen-bond acceptors (Lipinski definition) is 5. The number of nitro groups is 1. The lowest BCUT2D eigenvalue weighted by atomic mass is 10.3. The van der Waals surface area contributed by atoms with E-state index in [2.05, 4.69) is 22.5 Å². The summed E-state index contributed by atoms with van der Waals surface area (Å²) < 4.78 is 3.05. The van der Waals surface area contributed by atoms with Crippen molar-refractivity contribution in [3.8, 4) is 0 Å². The van der Waals surface area contributed by atoms with Gasteiger partial charge in [0.25, 0.3) is 10.7 Å². The van der Waals surface area contributed by atoms with Crippen LogP contribution in [0.5, 0.6) is 0 Å². The average molecular weight is 322 g/mol. The summed E-state index contributed by atoms with van der Waals surface area (Å²) in [5, 5.41) is 13.3. The van der Waals surface area contributed by atoms with Crippen LogP contribution in [0.15, 0.2) is 23.2 Å². The quantitative estimate of drug-likeness (QED) is 0.495. The molecule has 0 radical (unpaired) electrons. The highest BCUT2D eigenvalue weighted by Crippen LogP contribution is 2.31. The lowest BCUT2D eigenvalue weighted by molar-refractivity contribution is -0.642. The zero-order valence-corrected chi connectivity index (χ0v) is 13.5. The van der Waals surface area contributed by atoms with Crippen molar-refractivity contribution in [2.75, 3.05) is 18.8 Å². The molecular weight excluding hydrogens is 306 g/mol. The minimum atomic E-state index is -0.344. The monoisotopic (exact) mass is 322 g/mol. The van der Waals surface area contributed by atoms with Crippen molar-refractivity contribution in [1.82, 2.24) is 4.90 Å². The van der Waals surface area contributed by atoms with Gasteiger partial charge < -0.3 is 4.90 Å². The third kappa shape index (κ3) is 2.63. The summed E-state index contributed by atoms with van der Waals surface area (Å²) in [4.78, 5) is 12.9. The Morgan fingerprint density at radius 3 is 3.05 bits per heavy atom. The third-order valence-corrected chi connectivity index (χ3v) is 5.82. The summed E-state index contributed by atoms with van der Waals surface area (Å²) in [7, 11) is 2.01. The van der Waals surface area contributed by atoms with E-state index in [-0.39, 0.29) is 10.6 Å². The molecule has 21 heavy (non-hydrogen) atoms. The Morgan fingerprint density at radius 2 is 2.33 bits per heavy atom. The van der Waals surface area contributed by atoms with Gasteiger partial charge in [-0.3, -0.25) is 10.1 Å². The van der Waals surface area contributed by atoms with Crippen LogP contribution < -0.4 is 4.57 Å². The van der Waals surface area contributed by atoms with Gasteiger partial charge in [0.1, 0.15) is 11.7 Å². The molecule has 1 fully saturated rings. The normalized spacial score (nSPS) is 17.0. The van der Waals surface area contributed by atoms with Gasteiger partial charge in [-0.2, -0.15) is 4.57 Å². The molecular formula is C14H16N3O2S2+. The largest absolute Gasteiger partial charge is 0.366 e. The van der Waals surface area contributed by atoms with Gasteiger partial charge in [-0.25, -0.2) is 0 Å². The molecule has 1 aromatic heterocycles. The maximum atomic E-state index is 10.9. The van der Waals surface area contributed by atoms with Gasteiger partial charge in [0.15, 0.2) is 0 Å². The number of rotatable bonds is 3. The van der Waals surface area contributed by atoms with E-state index in [1.54, 1.807) is 23.5 Å². The number of nitro benzene ring substituents is 1. The van der Waals surface area contributed by atoms with E-state index < -0.39 is 0 Å². The zero-order chi connectivity index (χ0) is 15.0. The van der Waals surface area contributed by atoms with Crippen LogP contribution in [0, 0.1) is 10.1 Å². The summed E-state index contributed by atoms with van der Waals surface area (Å²) >= 11 is 3.47. The number of thiazole rings is 1. The number of aromatic nitrogens is 1. The van der Waals surface area contributed by atoms with Crippen LogP contribution in [-0.4, -0.2) is 28.7 Å². The van der Waals surface area contributed by atoms with E-state index in [4.69, 9.17) is 0 Å². The summed E-state index contributed by atoms with van der Waals surface area (Å²) in [5.74, 6) is 1.12. The average Bonchev–Trinajstić information content (AvgIpc) is 3.04. The minimum Gasteiger partial charge on any atom is -0.366 e. The van der Waals surface area contributed by atoms with Crippen molar-refractivity contribution in [2.24, 2.45) is 7.05 Å². The molecule has 0 saturated carbocycles. The second kappa shape index (κ2) is 5.65. The molecule has 1 aromatic carbocycles. The Bertz CT molecular complexity index is 739. The van der Waals surface area contributed by atoms with Gasteiger partial charge >= 0.3 is 0 Å². The first-order valence-corrected chi connectivity index (χ1v) is 8.56. The van der Waals surface area contributed by atoms with E-state index in [9.17, 15) is 10.1 Å². The Morgan fingerprint density at radius 1 is 1.52 bits per heavy atom. The van der Waals surface area contributed by atoms with Crippen molar-refractivity contribution in [3.63, 3.8) is 0 Å². The summed E-state index contributed by atoms with van der Waals surface area (Å²) in [6.07, 6.45) is 2.19. The molecule has 0 aliphatic carbocycles. The van der Waals surface area contributed by atoms with Crippen LogP contribution in [0.3, 0.4) is 0 Å². The van der Waals surface area contributed by atoms with Crippen molar-refractivity contribution in [2.45, 2.75) is 6.92 Å². The molecule has 110 valence electrons. The molecule has 0 bridgehead atoms. The summed E-state index contributed by atoms with van der Waals surface area (Å²) in [6.45, 7) is 4.26. The van der Waals surface area contributed by atoms with Crippen molar-refractivity contribution >= 4 is 45.1 Å². The number of non-ortho nitro benzene ring substituents is 1. The third-order valence-electron chi connectivity index (χ3n) is 3.61. The molecule has 0 N–H and O–H groups in total. The standard InChI is InChI=1S/C14H16N3O2S2/c1-3-16-6-7-20-14(16)9-13-15(2)11-5-4-10(17(18)19)8-12(11)21-13/h4-5,8-9H,3,6-7H2,1-2H3/q+1. The molecule has 0 atom stereocenters. The Hall–Kier alpha value is -1.60. The van der Waals surface area contributed by atoms with Gasteiger partial charge in [-0.05, 0) is 6.92 Å². The van der Waals surface area contributed by atoms with Gasteiger partial charge in [0.05, 0.1) is 16.0 Å². The lowest BCUT2D eigenvalue weighted by Gasteiger charge is -2.14. The van der Waals surface area contributed by atoms with Crippen molar-refractivity contribution in [3.05, 3.63) is 38.4 Å². The highest BCUT2D eigenvalue weighted by molar-refractivity contribution is 8.03. The zero-order valence-electron chi connectivity index (χ0n) is 11.9. The van der Waals surface area contributed by atoms with Crippen molar-refractivity contribution < 1.29 is 9.49 Å². The molecule has 3 rings (SSSR count). The molecule has 1 aliphatic rings. The predicted octanol–water partition coefficient (Wildman–Crippen LogP) is 3.00.